The number of aliphatic hydroxyl groups is 1. The van der Waals surface area contributed by atoms with Crippen LogP contribution in [0.4, 0.5) is 5.69 Å². The van der Waals surface area contributed by atoms with Crippen LogP contribution in [0.1, 0.15) is 45.3 Å². The monoisotopic (exact) mass is 253 g/mol. The fraction of sp³-hybridized carbons (Fsp3) is 0.571. The van der Waals surface area contributed by atoms with E-state index in [1.807, 2.05) is 18.2 Å². The average molecular weight is 254 g/mol. The van der Waals surface area contributed by atoms with E-state index >= 15 is 0 Å². The van der Waals surface area contributed by atoms with Crippen molar-refractivity contribution in [3.05, 3.63) is 28.8 Å². The smallest absolute Gasteiger partial charge is 0.0762 e. The maximum Gasteiger partial charge on any atom is 0.0762 e. The topological polar surface area (TPSA) is 23.5 Å². The highest BCUT2D eigenvalue weighted by molar-refractivity contribution is 6.33. The second kappa shape index (κ2) is 4.51. The molecule has 1 aromatic rings. The summed E-state index contributed by atoms with van der Waals surface area (Å²) in [6.45, 7) is 7.31. The van der Waals surface area contributed by atoms with Crippen molar-refractivity contribution >= 4 is 17.3 Å². The molecule has 2 rings (SSSR count). The second-order valence-corrected chi connectivity index (χ2v) is 5.86. The first kappa shape index (κ1) is 12.7. The molecule has 94 valence electrons. The van der Waals surface area contributed by atoms with Crippen LogP contribution in [0.3, 0.4) is 0 Å². The maximum absolute atomic E-state index is 9.53. The van der Waals surface area contributed by atoms with Crippen LogP contribution in [0.15, 0.2) is 18.2 Å². The Labute approximate surface area is 108 Å². The molecule has 1 aliphatic rings. The van der Waals surface area contributed by atoms with Crippen LogP contribution < -0.4 is 4.90 Å². The average Bonchev–Trinajstić information content (AvgIpc) is 2.58. The van der Waals surface area contributed by atoms with Crippen molar-refractivity contribution in [2.45, 2.75) is 45.3 Å². The Bertz CT molecular complexity index is 415. The minimum Gasteiger partial charge on any atom is -0.389 e. The minimum atomic E-state index is -0.465. The van der Waals surface area contributed by atoms with Gasteiger partial charge in [-0.25, -0.2) is 0 Å². The van der Waals surface area contributed by atoms with Gasteiger partial charge in [-0.15, -0.1) is 0 Å². The Kier molecular flexibility index (Phi) is 3.37. The van der Waals surface area contributed by atoms with Crippen LogP contribution in [0.5, 0.6) is 0 Å². The number of hydrogen-bond acceptors (Lipinski definition) is 2. The van der Waals surface area contributed by atoms with E-state index < -0.39 is 6.10 Å². The third kappa shape index (κ3) is 2.43. The molecule has 0 saturated carbocycles. The zero-order chi connectivity index (χ0) is 12.6. The molecule has 17 heavy (non-hydrogen) atoms. The normalized spacial score (nSPS) is 20.6. The first-order valence-corrected chi connectivity index (χ1v) is 6.55. The van der Waals surface area contributed by atoms with Crippen LogP contribution in [-0.4, -0.2) is 17.2 Å². The first-order valence-electron chi connectivity index (χ1n) is 6.17. The molecule has 0 aliphatic carbocycles. The number of anilines is 1. The summed E-state index contributed by atoms with van der Waals surface area (Å²) in [7, 11) is 0. The minimum absolute atomic E-state index is 0.177. The molecule has 1 heterocycles. The number of nitrogens with zero attached hydrogens (tertiary/aromatic N) is 1. The lowest BCUT2D eigenvalue weighted by atomic mass is 10.0. The quantitative estimate of drug-likeness (QED) is 0.867. The van der Waals surface area contributed by atoms with Crippen LogP contribution in [-0.2, 0) is 0 Å². The summed E-state index contributed by atoms with van der Waals surface area (Å²) in [4.78, 5) is 2.36. The summed E-state index contributed by atoms with van der Waals surface area (Å²) in [6, 6.07) is 5.85. The van der Waals surface area contributed by atoms with Crippen molar-refractivity contribution < 1.29 is 5.11 Å². The highest BCUT2D eigenvalue weighted by atomic mass is 35.5. The molecule has 0 amide bonds. The lowest BCUT2D eigenvalue weighted by Crippen LogP contribution is -2.38. The molecule has 1 aliphatic heterocycles. The van der Waals surface area contributed by atoms with Crippen LogP contribution in [0, 0.1) is 0 Å². The van der Waals surface area contributed by atoms with Crippen molar-refractivity contribution in [2.75, 3.05) is 11.4 Å². The van der Waals surface area contributed by atoms with E-state index in [9.17, 15) is 5.11 Å². The van der Waals surface area contributed by atoms with Gasteiger partial charge in [0.05, 0.1) is 16.8 Å². The Morgan fingerprint density at radius 2 is 2.12 bits per heavy atom. The highest BCUT2D eigenvalue weighted by Gasteiger charge is 2.32. The van der Waals surface area contributed by atoms with Crippen LogP contribution in [0.2, 0.25) is 5.02 Å². The molecule has 1 unspecified atom stereocenters. The zero-order valence-corrected chi connectivity index (χ0v) is 11.5. The largest absolute Gasteiger partial charge is 0.389 e. The molecule has 1 saturated heterocycles. The molecule has 1 N–H and O–H groups in total. The summed E-state index contributed by atoms with van der Waals surface area (Å²) in [5, 5.41) is 10.3. The van der Waals surface area contributed by atoms with Gasteiger partial charge in [0.25, 0.3) is 0 Å². The first-order chi connectivity index (χ1) is 7.92. The molecule has 1 aromatic carbocycles. The Morgan fingerprint density at radius 3 is 2.59 bits per heavy atom. The molecule has 0 radical (unpaired) electrons. The number of benzene rings is 1. The third-order valence-electron chi connectivity index (χ3n) is 3.65. The Hall–Kier alpha value is -0.730. The van der Waals surface area contributed by atoms with Gasteiger partial charge in [-0.2, -0.15) is 0 Å². The number of halogens is 1. The molecule has 2 nitrogen and oxygen atoms in total. The van der Waals surface area contributed by atoms with E-state index in [1.54, 1.807) is 6.92 Å². The number of hydrogen-bond donors (Lipinski definition) is 1. The maximum atomic E-state index is 9.53. The van der Waals surface area contributed by atoms with Crippen LogP contribution in [0.25, 0.3) is 0 Å². The lowest BCUT2D eigenvalue weighted by molar-refractivity contribution is 0.199. The molecule has 1 atom stereocenters. The van der Waals surface area contributed by atoms with Crippen molar-refractivity contribution in [2.24, 2.45) is 0 Å². The summed E-state index contributed by atoms with van der Waals surface area (Å²) < 4.78 is 0. The summed E-state index contributed by atoms with van der Waals surface area (Å²) in [6.07, 6.45) is 1.94. The van der Waals surface area contributed by atoms with E-state index in [-0.39, 0.29) is 5.54 Å². The molecular weight excluding hydrogens is 234 g/mol. The predicted octanol–water partition coefficient (Wildman–Crippen LogP) is 3.77. The van der Waals surface area contributed by atoms with Gasteiger partial charge in [-0.05, 0) is 51.3 Å². The number of rotatable bonds is 2. The van der Waals surface area contributed by atoms with E-state index in [0.717, 1.165) is 22.8 Å². The van der Waals surface area contributed by atoms with E-state index in [0.29, 0.717) is 0 Å². The molecule has 0 bridgehead atoms. The summed E-state index contributed by atoms with van der Waals surface area (Å²) in [5.41, 5.74) is 2.13. The van der Waals surface area contributed by atoms with Gasteiger partial charge in [-0.3, -0.25) is 0 Å². The van der Waals surface area contributed by atoms with Crippen molar-refractivity contribution in [1.82, 2.24) is 0 Å². The third-order valence-corrected chi connectivity index (χ3v) is 3.95. The molecule has 0 aromatic heterocycles. The highest BCUT2D eigenvalue weighted by Crippen LogP contribution is 2.38. The Morgan fingerprint density at radius 1 is 1.41 bits per heavy atom. The second-order valence-electron chi connectivity index (χ2n) is 5.45. The Balaban J connectivity index is 2.34. The van der Waals surface area contributed by atoms with Gasteiger partial charge in [0, 0.05) is 12.1 Å². The van der Waals surface area contributed by atoms with Gasteiger partial charge in [0.15, 0.2) is 0 Å². The summed E-state index contributed by atoms with van der Waals surface area (Å²) in [5.74, 6) is 0. The van der Waals surface area contributed by atoms with E-state index in [1.165, 1.54) is 12.8 Å². The molecular formula is C14H20ClNO. The van der Waals surface area contributed by atoms with Gasteiger partial charge in [-0.1, -0.05) is 17.7 Å². The van der Waals surface area contributed by atoms with Gasteiger partial charge < -0.3 is 10.0 Å². The molecule has 1 fully saturated rings. The molecule has 3 heteroatoms. The van der Waals surface area contributed by atoms with E-state index in [2.05, 4.69) is 18.7 Å². The van der Waals surface area contributed by atoms with Crippen molar-refractivity contribution in [3.8, 4) is 0 Å². The predicted molar refractivity (Wildman–Crippen MR) is 72.7 cm³/mol. The summed E-state index contributed by atoms with van der Waals surface area (Å²) >= 11 is 6.33. The fourth-order valence-electron chi connectivity index (χ4n) is 2.56. The van der Waals surface area contributed by atoms with E-state index in [4.69, 9.17) is 11.6 Å². The standard InChI is InChI=1S/C14H20ClNO/c1-10(17)11-5-6-13(12(15)9-11)16-8-4-7-14(16,2)3/h5-6,9-10,17H,4,7-8H2,1-3H3. The van der Waals surface area contributed by atoms with Gasteiger partial charge in [0.1, 0.15) is 0 Å². The zero-order valence-electron chi connectivity index (χ0n) is 10.7. The van der Waals surface area contributed by atoms with Crippen LogP contribution >= 0.6 is 11.6 Å². The van der Waals surface area contributed by atoms with Crippen molar-refractivity contribution in [1.29, 1.82) is 0 Å². The molecule has 0 spiro atoms. The SMILES string of the molecule is CC(O)c1ccc(N2CCCC2(C)C)c(Cl)c1. The lowest BCUT2D eigenvalue weighted by Gasteiger charge is -2.34. The number of aliphatic hydroxyl groups excluding tert-OH is 1. The van der Waals surface area contributed by atoms with Gasteiger partial charge in [0.2, 0.25) is 0 Å². The fourth-order valence-corrected chi connectivity index (χ4v) is 2.85. The van der Waals surface area contributed by atoms with Crippen molar-refractivity contribution in [3.63, 3.8) is 0 Å². The van der Waals surface area contributed by atoms with Gasteiger partial charge >= 0.3 is 0 Å².